The van der Waals surface area contributed by atoms with Gasteiger partial charge in [-0.3, -0.25) is 9.59 Å². The third kappa shape index (κ3) is 6.02. The van der Waals surface area contributed by atoms with Gasteiger partial charge in [-0.2, -0.15) is 0 Å². The van der Waals surface area contributed by atoms with Gasteiger partial charge in [-0.1, -0.05) is 76.9 Å². The van der Waals surface area contributed by atoms with E-state index in [0.29, 0.717) is 17.0 Å². The fourth-order valence-corrected chi connectivity index (χ4v) is 4.22. The summed E-state index contributed by atoms with van der Waals surface area (Å²) < 4.78 is 0. The predicted molar refractivity (Wildman–Crippen MR) is 137 cm³/mol. The molecule has 1 heterocycles. The number of hydrogen-bond acceptors (Lipinski definition) is 5. The summed E-state index contributed by atoms with van der Waals surface area (Å²) in [6, 6.07) is 19.5. The van der Waals surface area contributed by atoms with Gasteiger partial charge in [0.2, 0.25) is 6.10 Å². The van der Waals surface area contributed by atoms with Crippen LogP contribution in [0.3, 0.4) is 0 Å². The molecule has 184 valence electrons. The lowest BCUT2D eigenvalue weighted by Gasteiger charge is -2.17. The molecular weight excluding hydrogens is 505 g/mol. The highest BCUT2D eigenvalue weighted by molar-refractivity contribution is 6.40. The first-order valence-electron chi connectivity index (χ1n) is 11.0. The van der Waals surface area contributed by atoms with Crippen LogP contribution in [0.25, 0.3) is 0 Å². The van der Waals surface area contributed by atoms with Gasteiger partial charge in [0, 0.05) is 18.5 Å². The molecule has 0 saturated carbocycles. The predicted octanol–water partition coefficient (Wildman–Crippen LogP) is 4.55. The van der Waals surface area contributed by atoms with Crippen LogP contribution in [0, 0.1) is 0 Å². The highest BCUT2D eigenvalue weighted by Gasteiger charge is 2.32. The molecule has 0 spiro atoms. The zero-order chi connectivity index (χ0) is 25.7. The van der Waals surface area contributed by atoms with Crippen molar-refractivity contribution in [1.82, 2.24) is 5.32 Å². The van der Waals surface area contributed by atoms with Crippen molar-refractivity contribution in [3.63, 3.8) is 0 Å². The maximum atomic E-state index is 12.7. The Kier molecular flexibility index (Phi) is 7.87. The van der Waals surface area contributed by atoms with E-state index in [4.69, 9.17) is 28.0 Å². The fourth-order valence-electron chi connectivity index (χ4n) is 3.65. The van der Waals surface area contributed by atoms with Gasteiger partial charge in [-0.25, -0.2) is 4.79 Å². The second-order valence-corrected chi connectivity index (χ2v) is 8.87. The van der Waals surface area contributed by atoms with Crippen molar-refractivity contribution in [2.75, 3.05) is 5.32 Å². The van der Waals surface area contributed by atoms with Crippen LogP contribution in [0.1, 0.15) is 27.9 Å². The van der Waals surface area contributed by atoms with Crippen molar-refractivity contribution >= 4 is 52.4 Å². The largest absolute Gasteiger partial charge is 0.480 e. The molecule has 1 unspecified atom stereocenters. The third-order valence-electron chi connectivity index (χ3n) is 5.52. The van der Waals surface area contributed by atoms with Crippen LogP contribution in [0.2, 0.25) is 10.0 Å². The Morgan fingerprint density at radius 3 is 2.28 bits per heavy atom. The summed E-state index contributed by atoms with van der Waals surface area (Å²) in [7, 11) is 0. The molecule has 2 amide bonds. The molecule has 10 heteroatoms. The van der Waals surface area contributed by atoms with E-state index in [2.05, 4.69) is 15.8 Å². The zero-order valence-corrected chi connectivity index (χ0v) is 20.3. The van der Waals surface area contributed by atoms with Gasteiger partial charge in [-0.05, 0) is 35.4 Å². The molecule has 0 aromatic heterocycles. The summed E-state index contributed by atoms with van der Waals surface area (Å²) in [5.74, 6) is -2.21. The van der Waals surface area contributed by atoms with Crippen molar-refractivity contribution in [3.05, 3.63) is 99.5 Å². The molecule has 2 atom stereocenters. The van der Waals surface area contributed by atoms with E-state index < -0.39 is 29.9 Å². The minimum absolute atomic E-state index is 0.0325. The number of nitrogens with zero attached hydrogens (tertiary/aromatic N) is 1. The highest BCUT2D eigenvalue weighted by atomic mass is 35.5. The molecular formula is C26H21Cl2N3O5. The molecule has 0 saturated heterocycles. The highest BCUT2D eigenvalue weighted by Crippen LogP contribution is 2.25. The molecule has 0 aliphatic carbocycles. The molecule has 1 aliphatic rings. The normalized spacial score (nSPS) is 15.4. The SMILES string of the molecule is O=C(Nc1ccc(CC(NC(=O)[C@@H]2CC(c3ccccc3)=NO2)C(=O)O)cc1)c1c(Cl)cccc1Cl. The number of benzene rings is 3. The Morgan fingerprint density at radius 1 is 0.972 bits per heavy atom. The molecule has 36 heavy (non-hydrogen) atoms. The number of nitrogens with one attached hydrogen (secondary N) is 2. The second kappa shape index (κ2) is 11.2. The molecule has 3 N–H and O–H groups in total. The summed E-state index contributed by atoms with van der Waals surface area (Å²) in [5.41, 5.74) is 2.74. The first-order chi connectivity index (χ1) is 17.3. The number of rotatable bonds is 8. The minimum atomic E-state index is -1.18. The van der Waals surface area contributed by atoms with E-state index in [1.165, 1.54) is 0 Å². The van der Waals surface area contributed by atoms with Crippen LogP contribution < -0.4 is 10.6 Å². The molecule has 3 aromatic carbocycles. The monoisotopic (exact) mass is 525 g/mol. The van der Waals surface area contributed by atoms with E-state index in [0.717, 1.165) is 5.56 Å². The number of carboxylic acids is 1. The van der Waals surface area contributed by atoms with E-state index >= 15 is 0 Å². The Morgan fingerprint density at radius 2 is 1.64 bits per heavy atom. The lowest BCUT2D eigenvalue weighted by atomic mass is 10.0. The summed E-state index contributed by atoms with van der Waals surface area (Å²) in [5, 5.41) is 19.3. The topological polar surface area (TPSA) is 117 Å². The number of oxime groups is 1. The standard InChI is InChI=1S/C26H21Cl2N3O5/c27-18-7-4-8-19(28)23(18)25(33)29-17-11-9-15(10-12-17)13-21(26(34)35)30-24(32)22-14-20(31-36-22)16-5-2-1-3-6-16/h1-12,21-22H,13-14H2,(H,29,33)(H,30,32)(H,34,35)/t21?,22-/m0/s1. The van der Waals surface area contributed by atoms with Gasteiger partial charge in [0.25, 0.3) is 11.8 Å². The molecule has 0 bridgehead atoms. The van der Waals surface area contributed by atoms with Crippen molar-refractivity contribution in [1.29, 1.82) is 0 Å². The average Bonchev–Trinajstić information content (AvgIpc) is 3.36. The smallest absolute Gasteiger partial charge is 0.326 e. The molecule has 8 nitrogen and oxygen atoms in total. The lowest BCUT2D eigenvalue weighted by Crippen LogP contribution is -2.46. The van der Waals surface area contributed by atoms with Gasteiger partial charge >= 0.3 is 5.97 Å². The molecule has 0 radical (unpaired) electrons. The van der Waals surface area contributed by atoms with Gasteiger partial charge in [0.1, 0.15) is 6.04 Å². The van der Waals surface area contributed by atoms with Crippen LogP contribution in [0.4, 0.5) is 5.69 Å². The second-order valence-electron chi connectivity index (χ2n) is 8.05. The Labute approximate surface area is 216 Å². The summed E-state index contributed by atoms with van der Waals surface area (Å²) in [6.45, 7) is 0. The minimum Gasteiger partial charge on any atom is -0.480 e. The van der Waals surface area contributed by atoms with E-state index in [-0.39, 0.29) is 28.5 Å². The Hall–Kier alpha value is -3.88. The fraction of sp³-hybridized carbons (Fsp3) is 0.154. The van der Waals surface area contributed by atoms with Crippen molar-refractivity contribution < 1.29 is 24.3 Å². The first-order valence-corrected chi connectivity index (χ1v) is 11.7. The van der Waals surface area contributed by atoms with Gasteiger partial charge in [-0.15, -0.1) is 0 Å². The molecule has 1 aliphatic heterocycles. The van der Waals surface area contributed by atoms with Crippen LogP contribution >= 0.6 is 23.2 Å². The summed E-state index contributed by atoms with van der Waals surface area (Å²) in [4.78, 5) is 42.2. The Bertz CT molecular complexity index is 1290. The number of carbonyl (C=O) groups excluding carboxylic acids is 2. The molecule has 4 rings (SSSR count). The van der Waals surface area contributed by atoms with Gasteiger partial charge in [0.15, 0.2) is 0 Å². The molecule has 3 aromatic rings. The third-order valence-corrected chi connectivity index (χ3v) is 6.15. The lowest BCUT2D eigenvalue weighted by molar-refractivity contribution is -0.143. The van der Waals surface area contributed by atoms with Gasteiger partial charge < -0.3 is 20.6 Å². The quantitative estimate of drug-likeness (QED) is 0.398. The summed E-state index contributed by atoms with van der Waals surface area (Å²) >= 11 is 12.2. The van der Waals surface area contributed by atoms with Crippen LogP contribution in [-0.4, -0.2) is 40.7 Å². The van der Waals surface area contributed by atoms with Crippen molar-refractivity contribution in [2.24, 2.45) is 5.16 Å². The van der Waals surface area contributed by atoms with E-state index in [9.17, 15) is 19.5 Å². The van der Waals surface area contributed by atoms with Crippen molar-refractivity contribution in [3.8, 4) is 0 Å². The number of carbonyl (C=O) groups is 3. The van der Waals surface area contributed by atoms with Crippen LogP contribution in [0.15, 0.2) is 78.0 Å². The van der Waals surface area contributed by atoms with E-state index in [1.54, 1.807) is 42.5 Å². The van der Waals surface area contributed by atoms with Gasteiger partial charge in [0.05, 0.1) is 21.3 Å². The Balaban J connectivity index is 1.35. The number of halogens is 2. The number of amides is 2. The van der Waals surface area contributed by atoms with Crippen LogP contribution in [0.5, 0.6) is 0 Å². The number of aliphatic carboxylic acids is 1. The first kappa shape index (κ1) is 25.2. The van der Waals surface area contributed by atoms with E-state index in [1.807, 2.05) is 30.3 Å². The number of hydrogen-bond donors (Lipinski definition) is 3. The maximum absolute atomic E-state index is 12.7. The average molecular weight is 526 g/mol. The number of carboxylic acid groups (broad SMARTS) is 1. The van der Waals surface area contributed by atoms with Crippen molar-refractivity contribution in [2.45, 2.75) is 25.0 Å². The zero-order valence-electron chi connectivity index (χ0n) is 18.8. The summed E-state index contributed by atoms with van der Waals surface area (Å²) in [6.07, 6.45) is -0.632. The number of anilines is 1. The van der Waals surface area contributed by atoms with Crippen LogP contribution in [-0.2, 0) is 20.8 Å². The molecule has 0 fully saturated rings. The maximum Gasteiger partial charge on any atom is 0.326 e.